The largest absolute Gasteiger partial charge is 0.417 e. The van der Waals surface area contributed by atoms with Crippen molar-refractivity contribution in [3.8, 4) is 11.8 Å². The molecule has 8 nitrogen and oxygen atoms in total. The van der Waals surface area contributed by atoms with E-state index in [9.17, 15) is 31.9 Å². The van der Waals surface area contributed by atoms with E-state index >= 15 is 0 Å². The van der Waals surface area contributed by atoms with E-state index in [1.807, 2.05) is 0 Å². The molecule has 3 atom stereocenters. The highest BCUT2D eigenvalue weighted by atomic mass is 19.4. The quantitative estimate of drug-likeness (QED) is 0.491. The van der Waals surface area contributed by atoms with Crippen molar-refractivity contribution in [1.29, 1.82) is 5.26 Å². The summed E-state index contributed by atoms with van der Waals surface area (Å²) in [5, 5.41) is 8.98. The number of benzene rings is 2. The topological polar surface area (TPSA) is 93.9 Å². The fraction of sp³-hybridized carbons (Fsp3) is 0.273. The number of nitriles is 1. The number of amides is 4. The number of halogens is 4. The summed E-state index contributed by atoms with van der Waals surface area (Å²) in [6.07, 6.45) is -5.33. The highest BCUT2D eigenvalue weighted by Crippen LogP contribution is 2.43. The molecule has 3 aliphatic heterocycles. The average molecular weight is 474 g/mol. The predicted molar refractivity (Wildman–Crippen MR) is 106 cm³/mol. The molecule has 3 fully saturated rings. The fourth-order valence-electron chi connectivity index (χ4n) is 4.77. The van der Waals surface area contributed by atoms with Gasteiger partial charge in [-0.05, 0) is 48.9 Å². The zero-order valence-corrected chi connectivity index (χ0v) is 17.1. The summed E-state index contributed by atoms with van der Waals surface area (Å²) in [5.41, 5.74) is -2.20. The molecule has 0 radical (unpaired) electrons. The summed E-state index contributed by atoms with van der Waals surface area (Å²) in [5.74, 6) is -1.18. The van der Waals surface area contributed by atoms with Gasteiger partial charge in [0.25, 0.3) is 5.91 Å². The first-order valence-corrected chi connectivity index (χ1v) is 10.1. The highest BCUT2D eigenvalue weighted by molar-refractivity contribution is 6.22. The minimum Gasteiger partial charge on any atom is -0.410 e. The van der Waals surface area contributed by atoms with E-state index in [4.69, 9.17) is 10.00 Å². The van der Waals surface area contributed by atoms with Crippen LogP contribution in [0.4, 0.5) is 32.8 Å². The normalized spacial score (nSPS) is 23.4. The van der Waals surface area contributed by atoms with Crippen LogP contribution in [-0.4, -0.2) is 52.5 Å². The average Bonchev–Trinajstić information content (AvgIpc) is 3.46. The van der Waals surface area contributed by atoms with E-state index in [0.717, 1.165) is 24.3 Å². The number of fused-ring (bicyclic) bond motifs is 5. The van der Waals surface area contributed by atoms with Gasteiger partial charge in [0.05, 0.1) is 35.0 Å². The fourth-order valence-corrected chi connectivity index (χ4v) is 4.77. The third-order valence-electron chi connectivity index (χ3n) is 6.20. The molecule has 0 spiro atoms. The first-order valence-electron chi connectivity index (χ1n) is 10.1. The van der Waals surface area contributed by atoms with Gasteiger partial charge in [0.2, 0.25) is 0 Å². The summed E-state index contributed by atoms with van der Waals surface area (Å²) >= 11 is 0. The number of anilines is 1. The molecule has 0 saturated carbocycles. The van der Waals surface area contributed by atoms with Crippen molar-refractivity contribution in [2.75, 3.05) is 11.4 Å². The molecule has 34 heavy (non-hydrogen) atoms. The third kappa shape index (κ3) is 3.23. The maximum atomic E-state index is 13.4. The molecule has 2 aromatic rings. The molecule has 3 heterocycles. The summed E-state index contributed by atoms with van der Waals surface area (Å²) < 4.78 is 58.4. The number of hydrogen-bond acceptors (Lipinski definition) is 5. The van der Waals surface area contributed by atoms with E-state index in [2.05, 4.69) is 0 Å². The molecular weight excluding hydrogens is 460 g/mol. The van der Waals surface area contributed by atoms with Gasteiger partial charge in [-0.3, -0.25) is 4.79 Å². The molecule has 0 aliphatic carbocycles. The second-order valence-corrected chi connectivity index (χ2v) is 8.08. The summed E-state index contributed by atoms with van der Waals surface area (Å²) in [6.45, 7) is 0.0786. The molecule has 3 aliphatic rings. The highest BCUT2D eigenvalue weighted by Gasteiger charge is 2.63. The number of rotatable bonds is 2. The summed E-state index contributed by atoms with van der Waals surface area (Å²) in [4.78, 5) is 42.1. The monoisotopic (exact) mass is 474 g/mol. The van der Waals surface area contributed by atoms with Crippen molar-refractivity contribution < 1.29 is 36.7 Å². The molecule has 12 heteroatoms. The van der Waals surface area contributed by atoms with E-state index in [1.165, 1.54) is 28.0 Å². The Balaban J connectivity index is 1.40. The Kier molecular flexibility index (Phi) is 4.75. The van der Waals surface area contributed by atoms with Crippen molar-refractivity contribution in [2.24, 2.45) is 0 Å². The Morgan fingerprint density at radius 2 is 1.82 bits per heavy atom. The van der Waals surface area contributed by atoms with Crippen LogP contribution in [0.5, 0.6) is 5.75 Å². The van der Waals surface area contributed by atoms with Crippen molar-refractivity contribution in [2.45, 2.75) is 30.7 Å². The minimum absolute atomic E-state index is 0.0786. The number of nitrogens with zero attached hydrogens (tertiary/aromatic N) is 4. The van der Waals surface area contributed by atoms with E-state index < -0.39 is 59.3 Å². The minimum atomic E-state index is -4.86. The van der Waals surface area contributed by atoms with Crippen LogP contribution in [0.1, 0.15) is 17.5 Å². The molecule has 3 saturated heterocycles. The zero-order chi connectivity index (χ0) is 24.4. The van der Waals surface area contributed by atoms with Gasteiger partial charge in [-0.1, -0.05) is 0 Å². The first kappa shape index (κ1) is 21.7. The molecule has 0 unspecified atom stereocenters. The van der Waals surface area contributed by atoms with E-state index in [0.29, 0.717) is 17.4 Å². The van der Waals surface area contributed by atoms with Crippen LogP contribution in [0, 0.1) is 17.1 Å². The van der Waals surface area contributed by atoms with Crippen molar-refractivity contribution in [3.05, 3.63) is 59.4 Å². The molecule has 2 bridgehead atoms. The maximum Gasteiger partial charge on any atom is 0.417 e. The van der Waals surface area contributed by atoms with Crippen LogP contribution in [0.3, 0.4) is 0 Å². The lowest BCUT2D eigenvalue weighted by molar-refractivity contribution is -0.137. The number of piperazine rings is 1. The number of imide groups is 1. The standard InChI is InChI=1S/C22H14F4N4O4/c23-12-2-5-15(6-3-12)34-21(33)28-10-14-8-17(28)18-19(31)30(20(32)29(14)18)13-4-1-11(9-27)16(7-13)22(24,25)26/h1-7,14,17-18H,8,10H2/t14-,17-,18+/m0/s1. The first-order chi connectivity index (χ1) is 16.1. The maximum absolute atomic E-state index is 13.4. The van der Waals surface area contributed by atoms with E-state index in [-0.39, 0.29) is 18.0 Å². The number of carbonyl (C=O) groups is 3. The molecule has 4 amide bonds. The molecular formula is C22H14F4N4O4. The van der Waals surface area contributed by atoms with Gasteiger partial charge in [-0.25, -0.2) is 18.9 Å². The van der Waals surface area contributed by atoms with Crippen molar-refractivity contribution in [3.63, 3.8) is 0 Å². The summed E-state index contributed by atoms with van der Waals surface area (Å²) in [7, 11) is 0. The van der Waals surface area contributed by atoms with Gasteiger partial charge >= 0.3 is 18.3 Å². The van der Waals surface area contributed by atoms with Crippen LogP contribution < -0.4 is 9.64 Å². The number of carbonyl (C=O) groups excluding carboxylic acids is 3. The summed E-state index contributed by atoms with van der Waals surface area (Å²) in [6, 6.07) is 5.73. The Morgan fingerprint density at radius 3 is 2.47 bits per heavy atom. The van der Waals surface area contributed by atoms with E-state index in [1.54, 1.807) is 0 Å². The molecule has 0 aromatic heterocycles. The lowest BCUT2D eigenvalue weighted by Crippen LogP contribution is -2.55. The number of alkyl halides is 3. The van der Waals surface area contributed by atoms with Gasteiger partial charge in [0.15, 0.2) is 0 Å². The van der Waals surface area contributed by atoms with Crippen LogP contribution in [0.25, 0.3) is 0 Å². The van der Waals surface area contributed by atoms with Crippen molar-refractivity contribution >= 4 is 23.7 Å². The van der Waals surface area contributed by atoms with Crippen LogP contribution in [0.2, 0.25) is 0 Å². The van der Waals surface area contributed by atoms with Crippen LogP contribution >= 0.6 is 0 Å². The molecule has 174 valence electrons. The Morgan fingerprint density at radius 1 is 1.12 bits per heavy atom. The lowest BCUT2D eigenvalue weighted by Gasteiger charge is -2.34. The number of hydrogen-bond donors (Lipinski definition) is 0. The number of ether oxygens (including phenoxy) is 1. The molecule has 0 N–H and O–H groups in total. The van der Waals surface area contributed by atoms with Gasteiger partial charge in [0.1, 0.15) is 17.6 Å². The third-order valence-corrected chi connectivity index (χ3v) is 6.20. The number of likely N-dealkylation sites (tertiary alicyclic amines) is 1. The molecule has 2 aromatic carbocycles. The zero-order valence-electron chi connectivity index (χ0n) is 17.1. The number of urea groups is 1. The Bertz CT molecular complexity index is 1260. The molecule has 5 rings (SSSR count). The predicted octanol–water partition coefficient (Wildman–Crippen LogP) is 3.51. The van der Waals surface area contributed by atoms with Gasteiger partial charge < -0.3 is 14.5 Å². The second kappa shape index (κ2) is 7.44. The van der Waals surface area contributed by atoms with Gasteiger partial charge in [-0.15, -0.1) is 0 Å². The van der Waals surface area contributed by atoms with Gasteiger partial charge in [-0.2, -0.15) is 18.4 Å². The van der Waals surface area contributed by atoms with Crippen molar-refractivity contribution in [1.82, 2.24) is 9.80 Å². The lowest BCUT2D eigenvalue weighted by atomic mass is 10.1. The van der Waals surface area contributed by atoms with Gasteiger partial charge in [0, 0.05) is 6.54 Å². The Labute approximate surface area is 189 Å². The second-order valence-electron chi connectivity index (χ2n) is 8.08. The van der Waals surface area contributed by atoms with Crippen LogP contribution in [0.15, 0.2) is 42.5 Å². The smallest absolute Gasteiger partial charge is 0.410 e. The Hall–Kier alpha value is -4.14. The van der Waals surface area contributed by atoms with Crippen LogP contribution in [-0.2, 0) is 11.0 Å². The SMILES string of the molecule is N#Cc1ccc(N2C(=O)[C@H]3[C@@H]4C[C@@H](CN4C(=O)Oc4ccc(F)cc4)N3C2=O)cc1C(F)(F)F.